The highest BCUT2D eigenvalue weighted by atomic mass is 16.5. The van der Waals surface area contributed by atoms with Gasteiger partial charge >= 0.3 is 0 Å². The Kier molecular flexibility index (Phi) is 1.44. The molecular formula is C5H6N2O. The van der Waals surface area contributed by atoms with E-state index >= 15 is 0 Å². The van der Waals surface area contributed by atoms with Crippen molar-refractivity contribution in [2.24, 2.45) is 0 Å². The van der Waals surface area contributed by atoms with Gasteiger partial charge in [0, 0.05) is 6.20 Å². The van der Waals surface area contributed by atoms with E-state index in [1.807, 2.05) is 5.48 Å². The van der Waals surface area contributed by atoms with Gasteiger partial charge in [-0.15, -0.1) is 0 Å². The van der Waals surface area contributed by atoms with Crippen LogP contribution < -0.4 is 5.48 Å². The summed E-state index contributed by atoms with van der Waals surface area (Å²) in [5, 5.41) is 8.25. The zero-order chi connectivity index (χ0) is 5.82. The fraction of sp³-hybridized carbons (Fsp3) is 0. The van der Waals surface area contributed by atoms with E-state index in [-0.39, 0.29) is 0 Å². The summed E-state index contributed by atoms with van der Waals surface area (Å²) in [6, 6.07) is 3.45. The van der Waals surface area contributed by atoms with Crippen molar-refractivity contribution in [2.75, 3.05) is 5.48 Å². The molecular weight excluding hydrogens is 104 g/mol. The van der Waals surface area contributed by atoms with Crippen LogP contribution in [-0.4, -0.2) is 10.2 Å². The molecule has 0 aliphatic heterocycles. The van der Waals surface area contributed by atoms with E-state index in [0.717, 1.165) is 0 Å². The third-order valence-corrected chi connectivity index (χ3v) is 0.791. The number of nitrogens with one attached hydrogen (secondary N) is 1. The highest BCUT2D eigenvalue weighted by Gasteiger charge is 1.80. The van der Waals surface area contributed by atoms with Gasteiger partial charge in [-0.05, 0) is 12.1 Å². The largest absolute Gasteiger partial charge is 0.291 e. The first-order chi connectivity index (χ1) is 3.93. The normalized spacial score (nSPS) is 8.62. The van der Waals surface area contributed by atoms with Crippen molar-refractivity contribution in [1.82, 2.24) is 4.98 Å². The Morgan fingerprint density at radius 3 is 2.88 bits per heavy atom. The van der Waals surface area contributed by atoms with Crippen LogP contribution in [0.2, 0.25) is 0 Å². The molecule has 0 aromatic carbocycles. The summed E-state index contributed by atoms with van der Waals surface area (Å²) in [4.78, 5) is 3.73. The lowest BCUT2D eigenvalue weighted by Gasteiger charge is -1.91. The van der Waals surface area contributed by atoms with Crippen LogP contribution in [0.5, 0.6) is 0 Å². The lowest BCUT2D eigenvalue weighted by molar-refractivity contribution is 0.388. The van der Waals surface area contributed by atoms with Gasteiger partial charge in [0.2, 0.25) is 0 Å². The molecule has 0 aliphatic carbocycles. The van der Waals surface area contributed by atoms with Crippen molar-refractivity contribution < 1.29 is 5.21 Å². The summed E-state index contributed by atoms with van der Waals surface area (Å²) >= 11 is 0. The molecule has 1 rings (SSSR count). The predicted octanol–water partition coefficient (Wildman–Crippen LogP) is 0.883. The van der Waals surface area contributed by atoms with Gasteiger partial charge in [0.15, 0.2) is 0 Å². The molecule has 3 nitrogen and oxygen atoms in total. The zero-order valence-corrected chi connectivity index (χ0v) is 4.20. The standard InChI is InChI=1S/C5H6N2O/c8-7-5-2-1-3-6-4-5/h1-4,7-8H. The zero-order valence-electron chi connectivity index (χ0n) is 4.20. The summed E-state index contributed by atoms with van der Waals surface area (Å²) in [5.74, 6) is 0. The molecule has 0 radical (unpaired) electrons. The fourth-order valence-electron chi connectivity index (χ4n) is 0.429. The third kappa shape index (κ3) is 0.946. The van der Waals surface area contributed by atoms with Crippen LogP contribution in [-0.2, 0) is 0 Å². The molecule has 1 aromatic rings. The molecule has 0 bridgehead atoms. The molecule has 0 fully saturated rings. The Hall–Kier alpha value is -1.09. The average Bonchev–Trinajstić information content (AvgIpc) is 1.90. The molecule has 42 valence electrons. The molecule has 0 saturated carbocycles. The van der Waals surface area contributed by atoms with Crippen LogP contribution in [0.3, 0.4) is 0 Å². The lowest BCUT2D eigenvalue weighted by atomic mass is 10.4. The van der Waals surface area contributed by atoms with Gasteiger partial charge in [-0.25, -0.2) is 0 Å². The maximum absolute atomic E-state index is 8.25. The number of hydrogen-bond donors (Lipinski definition) is 2. The minimum Gasteiger partial charge on any atom is -0.291 e. The minimum atomic E-state index is 0.604. The first-order valence-corrected chi connectivity index (χ1v) is 2.23. The van der Waals surface area contributed by atoms with Gasteiger partial charge in [-0.1, -0.05) is 0 Å². The van der Waals surface area contributed by atoms with Gasteiger partial charge in [-0.2, -0.15) is 0 Å². The van der Waals surface area contributed by atoms with E-state index in [1.54, 1.807) is 18.3 Å². The predicted molar refractivity (Wildman–Crippen MR) is 29.6 cm³/mol. The number of rotatable bonds is 1. The summed E-state index contributed by atoms with van der Waals surface area (Å²) in [7, 11) is 0. The second-order valence-corrected chi connectivity index (χ2v) is 1.35. The number of nitrogens with zero attached hydrogens (tertiary/aromatic N) is 1. The van der Waals surface area contributed by atoms with Crippen LogP contribution in [0, 0.1) is 0 Å². The molecule has 1 heterocycles. The quantitative estimate of drug-likeness (QED) is 0.527. The second-order valence-electron chi connectivity index (χ2n) is 1.35. The molecule has 8 heavy (non-hydrogen) atoms. The van der Waals surface area contributed by atoms with Crippen LogP contribution in [0.25, 0.3) is 0 Å². The van der Waals surface area contributed by atoms with E-state index in [1.165, 1.54) is 6.20 Å². The molecule has 0 amide bonds. The van der Waals surface area contributed by atoms with Crippen molar-refractivity contribution in [2.45, 2.75) is 0 Å². The number of pyridine rings is 1. The van der Waals surface area contributed by atoms with E-state index in [9.17, 15) is 0 Å². The van der Waals surface area contributed by atoms with Gasteiger partial charge in [0.1, 0.15) is 0 Å². The third-order valence-electron chi connectivity index (χ3n) is 0.791. The van der Waals surface area contributed by atoms with Crippen molar-refractivity contribution in [3.8, 4) is 0 Å². The Labute approximate surface area is 46.9 Å². The molecule has 0 aliphatic rings. The molecule has 0 saturated heterocycles. The highest BCUT2D eigenvalue weighted by molar-refractivity contribution is 5.36. The maximum atomic E-state index is 8.25. The van der Waals surface area contributed by atoms with Crippen molar-refractivity contribution >= 4 is 5.69 Å². The first-order valence-electron chi connectivity index (χ1n) is 2.23. The smallest absolute Gasteiger partial charge is 0.0785 e. The van der Waals surface area contributed by atoms with E-state index in [0.29, 0.717) is 5.69 Å². The Bertz CT molecular complexity index is 152. The summed E-state index contributed by atoms with van der Waals surface area (Å²) < 4.78 is 0. The van der Waals surface area contributed by atoms with Gasteiger partial charge in [-0.3, -0.25) is 15.7 Å². The fourth-order valence-corrected chi connectivity index (χ4v) is 0.429. The Balaban J connectivity index is 2.83. The van der Waals surface area contributed by atoms with E-state index in [4.69, 9.17) is 5.21 Å². The molecule has 2 N–H and O–H groups in total. The highest BCUT2D eigenvalue weighted by Crippen LogP contribution is 1.98. The molecule has 0 unspecified atom stereocenters. The van der Waals surface area contributed by atoms with E-state index in [2.05, 4.69) is 4.98 Å². The van der Waals surface area contributed by atoms with Crippen molar-refractivity contribution in [3.63, 3.8) is 0 Å². The maximum Gasteiger partial charge on any atom is 0.0785 e. The second kappa shape index (κ2) is 2.28. The van der Waals surface area contributed by atoms with Crippen LogP contribution in [0.1, 0.15) is 0 Å². The number of hydrogen-bond acceptors (Lipinski definition) is 3. The van der Waals surface area contributed by atoms with Gasteiger partial charge in [0.05, 0.1) is 11.9 Å². The molecule has 0 spiro atoms. The summed E-state index contributed by atoms with van der Waals surface area (Å²) in [5.41, 5.74) is 2.57. The van der Waals surface area contributed by atoms with Gasteiger partial charge in [0.25, 0.3) is 0 Å². The Morgan fingerprint density at radius 2 is 2.50 bits per heavy atom. The number of aromatic nitrogens is 1. The summed E-state index contributed by atoms with van der Waals surface area (Å²) in [6.07, 6.45) is 3.17. The topological polar surface area (TPSA) is 45.1 Å². The van der Waals surface area contributed by atoms with Crippen LogP contribution >= 0.6 is 0 Å². The Morgan fingerprint density at radius 1 is 1.62 bits per heavy atom. The van der Waals surface area contributed by atoms with Crippen LogP contribution in [0.4, 0.5) is 5.69 Å². The average molecular weight is 110 g/mol. The monoisotopic (exact) mass is 110 g/mol. The minimum absolute atomic E-state index is 0.604. The first kappa shape index (κ1) is 5.05. The van der Waals surface area contributed by atoms with Crippen molar-refractivity contribution in [1.29, 1.82) is 0 Å². The SMILES string of the molecule is ONc1cccnc1. The van der Waals surface area contributed by atoms with E-state index < -0.39 is 0 Å². The van der Waals surface area contributed by atoms with Gasteiger partial charge < -0.3 is 0 Å². The molecule has 3 heteroatoms. The number of anilines is 1. The summed E-state index contributed by atoms with van der Waals surface area (Å²) in [6.45, 7) is 0. The van der Waals surface area contributed by atoms with Crippen molar-refractivity contribution in [3.05, 3.63) is 24.5 Å². The molecule has 1 aromatic heterocycles. The van der Waals surface area contributed by atoms with Crippen LogP contribution in [0.15, 0.2) is 24.5 Å². The lowest BCUT2D eigenvalue weighted by Crippen LogP contribution is -1.87. The molecule has 0 atom stereocenters.